The second-order valence-corrected chi connectivity index (χ2v) is 7.58. The van der Waals surface area contributed by atoms with E-state index in [0.717, 1.165) is 12.1 Å². The smallest absolute Gasteiger partial charge is 0.283 e. The number of benzene rings is 1. The number of alkyl halides is 2. The number of amidine groups is 1. The average Bonchev–Trinajstić information content (AvgIpc) is 3.42. The highest BCUT2D eigenvalue weighted by atomic mass is 79.9. The van der Waals surface area contributed by atoms with Crippen LogP contribution in [0.1, 0.15) is 23.2 Å². The van der Waals surface area contributed by atoms with Crippen molar-refractivity contribution in [2.75, 3.05) is 0 Å². The number of aliphatic imine (C=N–C) groups is 1. The molecule has 146 valence electrons. The second kappa shape index (κ2) is 6.88. The molecule has 1 aliphatic carbocycles. The van der Waals surface area contributed by atoms with Gasteiger partial charge in [-0.25, -0.2) is 22.6 Å². The highest BCUT2D eigenvalue weighted by Gasteiger charge is 2.64. The van der Waals surface area contributed by atoms with E-state index < -0.39 is 41.7 Å². The number of hydrogen-bond donors (Lipinski definition) is 1. The van der Waals surface area contributed by atoms with Crippen molar-refractivity contribution in [1.82, 2.24) is 4.98 Å². The molecule has 4 rings (SSSR count). The average molecular weight is 456 g/mol. The van der Waals surface area contributed by atoms with Crippen molar-refractivity contribution in [3.63, 3.8) is 0 Å². The molecule has 0 amide bonds. The maximum atomic E-state index is 14.6. The molecule has 1 aliphatic heterocycles. The van der Waals surface area contributed by atoms with E-state index in [-0.39, 0.29) is 16.8 Å². The zero-order chi connectivity index (χ0) is 20.1. The van der Waals surface area contributed by atoms with E-state index in [1.54, 1.807) is 6.07 Å². The van der Waals surface area contributed by atoms with Crippen LogP contribution in [-0.4, -0.2) is 23.5 Å². The molecule has 2 N–H and O–H groups in total. The first-order valence-electron chi connectivity index (χ1n) is 8.40. The minimum Gasteiger partial charge on any atom is -0.462 e. The Balaban J connectivity index is 1.78. The van der Waals surface area contributed by atoms with Crippen molar-refractivity contribution < 1.29 is 22.3 Å². The summed E-state index contributed by atoms with van der Waals surface area (Å²) in [7, 11) is 0. The van der Waals surface area contributed by atoms with Crippen LogP contribution < -0.4 is 5.73 Å². The van der Waals surface area contributed by atoms with Gasteiger partial charge in [-0.2, -0.15) is 0 Å². The summed E-state index contributed by atoms with van der Waals surface area (Å²) < 4.78 is 63.1. The van der Waals surface area contributed by atoms with Gasteiger partial charge in [0.1, 0.15) is 17.7 Å². The van der Waals surface area contributed by atoms with Crippen molar-refractivity contribution in [3.8, 4) is 0 Å². The molecule has 3 unspecified atom stereocenters. The summed E-state index contributed by atoms with van der Waals surface area (Å²) in [5, 5.41) is 0. The van der Waals surface area contributed by atoms with Crippen LogP contribution in [0, 0.1) is 11.7 Å². The van der Waals surface area contributed by atoms with E-state index in [1.165, 1.54) is 24.4 Å². The lowest BCUT2D eigenvalue weighted by molar-refractivity contribution is 0.0176. The van der Waals surface area contributed by atoms with Gasteiger partial charge in [-0.05, 0) is 58.3 Å². The predicted octanol–water partition coefficient (Wildman–Crippen LogP) is 4.64. The minimum absolute atomic E-state index is 0.0632. The topological polar surface area (TPSA) is 60.5 Å². The first kappa shape index (κ1) is 18.9. The maximum absolute atomic E-state index is 14.6. The molecule has 0 saturated heterocycles. The number of nitrogens with two attached hydrogens (primary N) is 1. The van der Waals surface area contributed by atoms with Gasteiger partial charge in [0.15, 0.2) is 5.54 Å². The van der Waals surface area contributed by atoms with Crippen LogP contribution >= 0.6 is 15.9 Å². The van der Waals surface area contributed by atoms with Crippen LogP contribution in [0.3, 0.4) is 0 Å². The van der Waals surface area contributed by atoms with E-state index in [2.05, 4.69) is 25.9 Å². The normalized spacial score (nSPS) is 26.5. The van der Waals surface area contributed by atoms with Gasteiger partial charge in [0.2, 0.25) is 0 Å². The Bertz CT molecular complexity index is 980. The highest BCUT2D eigenvalue weighted by molar-refractivity contribution is 9.10. The first-order chi connectivity index (χ1) is 13.3. The molecule has 0 spiro atoms. The van der Waals surface area contributed by atoms with Crippen molar-refractivity contribution >= 4 is 33.9 Å². The van der Waals surface area contributed by atoms with Crippen LogP contribution in [-0.2, 0) is 10.3 Å². The molecule has 9 heteroatoms. The van der Waals surface area contributed by atoms with Gasteiger partial charge in [-0.3, -0.25) is 4.98 Å². The van der Waals surface area contributed by atoms with Gasteiger partial charge in [-0.1, -0.05) is 6.07 Å². The van der Waals surface area contributed by atoms with Crippen molar-refractivity contribution in [1.29, 1.82) is 0 Å². The quantitative estimate of drug-likeness (QED) is 0.682. The fraction of sp³-hybridized carbons (Fsp3) is 0.263. The van der Waals surface area contributed by atoms with Gasteiger partial charge in [-0.15, -0.1) is 0 Å². The maximum Gasteiger partial charge on any atom is 0.283 e. The summed E-state index contributed by atoms with van der Waals surface area (Å²) in [5.74, 6) is -2.23. The van der Waals surface area contributed by atoms with Gasteiger partial charge in [0, 0.05) is 22.2 Å². The molecule has 1 saturated carbocycles. The molecular formula is C19H14BrF4N3O. The summed E-state index contributed by atoms with van der Waals surface area (Å²) in [6.45, 7) is 0. The van der Waals surface area contributed by atoms with Crippen LogP contribution in [0.5, 0.6) is 0 Å². The predicted molar refractivity (Wildman–Crippen MR) is 99.6 cm³/mol. The Kier molecular flexibility index (Phi) is 4.65. The number of ether oxygens (including phenoxy) is 1. The summed E-state index contributed by atoms with van der Waals surface area (Å²) >= 11 is 3.21. The second-order valence-electron chi connectivity index (χ2n) is 6.67. The molecule has 3 atom stereocenters. The van der Waals surface area contributed by atoms with Crippen LogP contribution in [0.25, 0.3) is 11.9 Å². The van der Waals surface area contributed by atoms with E-state index >= 15 is 0 Å². The van der Waals surface area contributed by atoms with Crippen LogP contribution in [0.2, 0.25) is 0 Å². The summed E-state index contributed by atoms with van der Waals surface area (Å²) in [6.07, 6.45) is -0.692. The lowest BCUT2D eigenvalue weighted by Gasteiger charge is -2.33. The standard InChI is InChI=1S/C19H14BrF4N3O/c20-10-2-4-15(26-8-10)14(22)6-9-1-3-13(21)11(5-9)19(17(23)24)12-7-16(12)28-18(25)27-19/h1-6,8,12,16-17H,7H2,(H2,25,27)/b14-6-. The zero-order valence-electron chi connectivity index (χ0n) is 14.3. The Labute approximate surface area is 166 Å². The van der Waals surface area contributed by atoms with Crippen molar-refractivity contribution in [3.05, 3.63) is 63.6 Å². The van der Waals surface area contributed by atoms with E-state index in [0.29, 0.717) is 10.9 Å². The third-order valence-electron chi connectivity index (χ3n) is 4.88. The fourth-order valence-electron chi connectivity index (χ4n) is 3.48. The van der Waals surface area contributed by atoms with Crippen LogP contribution in [0.4, 0.5) is 17.6 Å². The largest absolute Gasteiger partial charge is 0.462 e. The SMILES string of the molecule is NC1=NC(c2cc(/C=C(\F)c3ccc(Br)cn3)ccc2F)(C(F)F)C2CC2O1. The Morgan fingerprint density at radius 3 is 2.79 bits per heavy atom. The van der Waals surface area contributed by atoms with E-state index in [4.69, 9.17) is 10.5 Å². The molecular weight excluding hydrogens is 442 g/mol. The molecule has 2 aromatic rings. The number of fused-ring (bicyclic) bond motifs is 1. The third-order valence-corrected chi connectivity index (χ3v) is 5.35. The lowest BCUT2D eigenvalue weighted by atomic mass is 9.84. The number of aromatic nitrogens is 1. The van der Waals surface area contributed by atoms with Gasteiger partial charge in [0.05, 0.1) is 5.69 Å². The summed E-state index contributed by atoms with van der Waals surface area (Å²) in [6, 6.07) is 6.17. The summed E-state index contributed by atoms with van der Waals surface area (Å²) in [4.78, 5) is 7.74. The first-order valence-corrected chi connectivity index (χ1v) is 9.20. The molecule has 2 aliphatic rings. The van der Waals surface area contributed by atoms with Gasteiger partial charge in [0.25, 0.3) is 12.4 Å². The summed E-state index contributed by atoms with van der Waals surface area (Å²) in [5.41, 5.74) is 3.34. The van der Waals surface area contributed by atoms with Crippen molar-refractivity contribution in [2.24, 2.45) is 16.6 Å². The fourth-order valence-corrected chi connectivity index (χ4v) is 3.71. The molecule has 28 heavy (non-hydrogen) atoms. The Morgan fingerprint density at radius 1 is 1.32 bits per heavy atom. The van der Waals surface area contributed by atoms with Gasteiger partial charge < -0.3 is 10.5 Å². The monoisotopic (exact) mass is 455 g/mol. The molecule has 1 fully saturated rings. The third kappa shape index (κ3) is 3.17. The Morgan fingerprint density at radius 2 is 2.11 bits per heavy atom. The van der Waals surface area contributed by atoms with Crippen LogP contribution in [0.15, 0.2) is 46.0 Å². The number of hydrogen-bond acceptors (Lipinski definition) is 4. The number of halogens is 5. The molecule has 4 nitrogen and oxygen atoms in total. The molecule has 1 aromatic heterocycles. The Hall–Kier alpha value is -2.42. The minimum atomic E-state index is -3.00. The number of pyridine rings is 1. The van der Waals surface area contributed by atoms with Crippen molar-refractivity contribution in [2.45, 2.75) is 24.5 Å². The van der Waals surface area contributed by atoms with Gasteiger partial charge >= 0.3 is 0 Å². The van der Waals surface area contributed by atoms with E-state index in [9.17, 15) is 17.6 Å². The highest BCUT2D eigenvalue weighted by Crippen LogP contribution is 2.56. The molecule has 2 heterocycles. The number of nitrogens with zero attached hydrogens (tertiary/aromatic N) is 2. The number of rotatable bonds is 4. The zero-order valence-corrected chi connectivity index (χ0v) is 15.8. The lowest BCUT2D eigenvalue weighted by Crippen LogP contribution is -2.43. The molecule has 1 aromatic carbocycles. The molecule has 0 radical (unpaired) electrons. The van der Waals surface area contributed by atoms with E-state index in [1.807, 2.05) is 0 Å². The molecule has 0 bridgehead atoms.